The van der Waals surface area contributed by atoms with Crippen molar-refractivity contribution in [1.29, 1.82) is 0 Å². The number of ether oxygens (including phenoxy) is 1. The van der Waals surface area contributed by atoms with Gasteiger partial charge in [0.05, 0.1) is 18.0 Å². The molecule has 142 valence electrons. The molecule has 1 atom stereocenters. The molecule has 6 nitrogen and oxygen atoms in total. The first-order chi connectivity index (χ1) is 12.6. The van der Waals surface area contributed by atoms with Gasteiger partial charge in [-0.3, -0.25) is 0 Å². The highest BCUT2D eigenvalue weighted by Gasteiger charge is 2.40. The second-order valence-electron chi connectivity index (χ2n) is 8.48. The molecule has 2 heterocycles. The fourth-order valence-electron chi connectivity index (χ4n) is 4.73. The molecule has 1 spiro atoms. The van der Waals surface area contributed by atoms with Crippen molar-refractivity contribution in [2.24, 2.45) is 11.3 Å². The predicted molar refractivity (Wildman–Crippen MR) is 102 cm³/mol. The number of rotatable bonds is 6. The van der Waals surface area contributed by atoms with Crippen LogP contribution in [0.25, 0.3) is 5.65 Å². The molecular weight excluding hydrogens is 326 g/mol. The standard InChI is InChI=1S/C20H31N5O/c1-3-5-14(2)26-19-23-17(21)18-22-13-16(25(18)24-19)12-15-6-10-20(11-7-15)8-4-9-20/h13-15H,3-12H2,1-2H3,(H2,21,23,24). The molecule has 2 aromatic rings. The quantitative estimate of drug-likeness (QED) is 0.839. The minimum atomic E-state index is 0.0841. The van der Waals surface area contributed by atoms with E-state index in [0.29, 0.717) is 22.9 Å². The van der Waals surface area contributed by atoms with Crippen molar-refractivity contribution in [2.45, 2.75) is 84.2 Å². The largest absolute Gasteiger partial charge is 0.459 e. The Balaban J connectivity index is 1.49. The van der Waals surface area contributed by atoms with E-state index in [-0.39, 0.29) is 6.10 Å². The molecule has 2 fully saturated rings. The van der Waals surface area contributed by atoms with Gasteiger partial charge in [0.25, 0.3) is 0 Å². The van der Waals surface area contributed by atoms with Crippen LogP contribution in [0.15, 0.2) is 6.20 Å². The van der Waals surface area contributed by atoms with E-state index in [1.807, 2.05) is 17.6 Å². The molecule has 2 aliphatic carbocycles. The maximum atomic E-state index is 6.10. The highest BCUT2D eigenvalue weighted by atomic mass is 16.5. The Morgan fingerprint density at radius 1 is 1.31 bits per heavy atom. The van der Waals surface area contributed by atoms with Crippen molar-refractivity contribution >= 4 is 11.5 Å². The van der Waals surface area contributed by atoms with Crippen LogP contribution in [-0.2, 0) is 6.42 Å². The number of hydrogen-bond acceptors (Lipinski definition) is 5. The number of aromatic nitrogens is 4. The summed E-state index contributed by atoms with van der Waals surface area (Å²) >= 11 is 0. The lowest BCUT2D eigenvalue weighted by Crippen LogP contribution is -2.34. The van der Waals surface area contributed by atoms with Crippen LogP contribution >= 0.6 is 0 Å². The summed E-state index contributed by atoms with van der Waals surface area (Å²) in [5, 5.41) is 4.58. The normalized spacial score (nSPS) is 21.0. The lowest BCUT2D eigenvalue weighted by Gasteiger charge is -2.47. The highest BCUT2D eigenvalue weighted by Crippen LogP contribution is 2.53. The molecule has 0 radical (unpaired) electrons. The van der Waals surface area contributed by atoms with E-state index in [1.54, 1.807) is 0 Å². The van der Waals surface area contributed by atoms with Gasteiger partial charge < -0.3 is 10.5 Å². The third-order valence-electron chi connectivity index (χ3n) is 6.52. The molecule has 26 heavy (non-hydrogen) atoms. The fraction of sp³-hybridized carbons (Fsp3) is 0.750. The van der Waals surface area contributed by atoms with Gasteiger partial charge in [0, 0.05) is 0 Å². The van der Waals surface area contributed by atoms with Crippen molar-refractivity contribution in [3.05, 3.63) is 11.9 Å². The SMILES string of the molecule is CCCC(C)Oc1nc(N)c2ncc(CC3CCC4(CCC4)CC3)n2n1. The van der Waals surface area contributed by atoms with Gasteiger partial charge in [-0.05, 0) is 69.6 Å². The molecule has 0 bridgehead atoms. The smallest absolute Gasteiger partial charge is 0.336 e. The Labute approximate surface area is 155 Å². The summed E-state index contributed by atoms with van der Waals surface area (Å²) in [6.45, 7) is 4.19. The molecule has 6 heteroatoms. The molecule has 2 aromatic heterocycles. The monoisotopic (exact) mass is 357 g/mol. The Morgan fingerprint density at radius 3 is 2.73 bits per heavy atom. The van der Waals surface area contributed by atoms with Crippen LogP contribution in [0.5, 0.6) is 6.01 Å². The van der Waals surface area contributed by atoms with Gasteiger partial charge in [-0.15, -0.1) is 5.10 Å². The third kappa shape index (κ3) is 3.38. The van der Waals surface area contributed by atoms with Crippen LogP contribution in [0.3, 0.4) is 0 Å². The Kier molecular flexibility index (Phi) is 4.76. The predicted octanol–water partition coefficient (Wildman–Crippen LogP) is 4.18. The molecule has 2 saturated carbocycles. The van der Waals surface area contributed by atoms with Crippen LogP contribution in [0, 0.1) is 11.3 Å². The second-order valence-corrected chi connectivity index (χ2v) is 8.48. The summed E-state index contributed by atoms with van der Waals surface area (Å²) < 4.78 is 7.71. The summed E-state index contributed by atoms with van der Waals surface area (Å²) in [7, 11) is 0. The van der Waals surface area contributed by atoms with E-state index in [1.165, 1.54) is 44.9 Å². The second kappa shape index (κ2) is 7.05. The topological polar surface area (TPSA) is 78.3 Å². The Morgan fingerprint density at radius 2 is 2.08 bits per heavy atom. The van der Waals surface area contributed by atoms with Gasteiger partial charge in [0.1, 0.15) is 0 Å². The van der Waals surface area contributed by atoms with Crippen LogP contribution < -0.4 is 10.5 Å². The van der Waals surface area contributed by atoms with Gasteiger partial charge in [-0.25, -0.2) is 9.50 Å². The van der Waals surface area contributed by atoms with E-state index in [2.05, 4.69) is 22.0 Å². The maximum absolute atomic E-state index is 6.10. The van der Waals surface area contributed by atoms with Gasteiger partial charge >= 0.3 is 6.01 Å². The number of anilines is 1. The minimum Gasteiger partial charge on any atom is -0.459 e. The lowest BCUT2D eigenvalue weighted by molar-refractivity contribution is 0.0552. The van der Waals surface area contributed by atoms with Gasteiger partial charge in [-0.2, -0.15) is 4.98 Å². The zero-order valence-electron chi connectivity index (χ0n) is 16.1. The number of fused-ring (bicyclic) bond motifs is 1. The van der Waals surface area contributed by atoms with Crippen LogP contribution in [0.4, 0.5) is 5.82 Å². The molecule has 2 aliphatic rings. The summed E-state index contributed by atoms with van der Waals surface area (Å²) in [6.07, 6.45) is 14.8. The van der Waals surface area contributed by atoms with Crippen molar-refractivity contribution in [3.63, 3.8) is 0 Å². The summed E-state index contributed by atoms with van der Waals surface area (Å²) in [6, 6.07) is 0.354. The average molecular weight is 358 g/mol. The van der Waals surface area contributed by atoms with Gasteiger partial charge in [-0.1, -0.05) is 19.8 Å². The zero-order chi connectivity index (χ0) is 18.1. The number of hydrogen-bond donors (Lipinski definition) is 1. The number of nitrogen functional groups attached to an aromatic ring is 1. The van der Waals surface area contributed by atoms with E-state index >= 15 is 0 Å². The molecular formula is C20H31N5O. The molecule has 0 saturated heterocycles. The number of imidazole rings is 1. The van der Waals surface area contributed by atoms with Gasteiger partial charge in [0.2, 0.25) is 0 Å². The third-order valence-corrected chi connectivity index (χ3v) is 6.52. The van der Waals surface area contributed by atoms with E-state index in [9.17, 15) is 0 Å². The maximum Gasteiger partial charge on any atom is 0.336 e. The molecule has 0 aromatic carbocycles. The number of nitrogens with zero attached hydrogens (tertiary/aromatic N) is 4. The van der Waals surface area contributed by atoms with E-state index in [4.69, 9.17) is 10.5 Å². The van der Waals surface area contributed by atoms with Crippen molar-refractivity contribution in [1.82, 2.24) is 19.6 Å². The van der Waals surface area contributed by atoms with Crippen molar-refractivity contribution < 1.29 is 4.74 Å². The summed E-state index contributed by atoms with van der Waals surface area (Å²) in [5.41, 5.74) is 8.57. The zero-order valence-corrected chi connectivity index (χ0v) is 16.1. The molecule has 4 rings (SSSR count). The fourth-order valence-corrected chi connectivity index (χ4v) is 4.73. The molecule has 0 amide bonds. The van der Waals surface area contributed by atoms with Crippen LogP contribution in [0.1, 0.15) is 77.3 Å². The van der Waals surface area contributed by atoms with Gasteiger partial charge in [0.15, 0.2) is 11.5 Å². The summed E-state index contributed by atoms with van der Waals surface area (Å²) in [4.78, 5) is 8.74. The first-order valence-corrected chi connectivity index (χ1v) is 10.3. The number of nitrogens with two attached hydrogens (primary N) is 1. The van der Waals surface area contributed by atoms with Crippen LogP contribution in [-0.4, -0.2) is 25.7 Å². The Hall–Kier alpha value is -1.85. The van der Waals surface area contributed by atoms with Crippen molar-refractivity contribution in [2.75, 3.05) is 5.73 Å². The van der Waals surface area contributed by atoms with E-state index < -0.39 is 0 Å². The van der Waals surface area contributed by atoms with E-state index in [0.717, 1.165) is 30.9 Å². The van der Waals surface area contributed by atoms with Crippen LogP contribution in [0.2, 0.25) is 0 Å². The first-order valence-electron chi connectivity index (χ1n) is 10.3. The molecule has 0 aliphatic heterocycles. The average Bonchev–Trinajstić information content (AvgIpc) is 2.98. The summed E-state index contributed by atoms with van der Waals surface area (Å²) in [5.74, 6) is 1.11. The molecule has 1 unspecified atom stereocenters. The lowest BCUT2D eigenvalue weighted by atomic mass is 9.59. The van der Waals surface area contributed by atoms with Crippen molar-refractivity contribution in [3.8, 4) is 6.01 Å². The Bertz CT molecular complexity index is 757. The highest BCUT2D eigenvalue weighted by molar-refractivity contribution is 5.59. The minimum absolute atomic E-state index is 0.0841. The first kappa shape index (κ1) is 17.6. The molecule has 2 N–H and O–H groups in total.